The Hall–Kier alpha value is -6.40. The zero-order valence-corrected chi connectivity index (χ0v) is 23.8. The lowest BCUT2D eigenvalue weighted by atomic mass is 9.78. The van der Waals surface area contributed by atoms with Gasteiger partial charge < -0.3 is 4.42 Å². The first kappa shape index (κ1) is 25.3. The number of allylic oxidation sites excluding steroid dienone is 4. The Bertz CT molecular complexity index is 2530. The smallest absolute Gasteiger partial charge is 0.266 e. The predicted molar refractivity (Wildman–Crippen MR) is 172 cm³/mol. The number of rotatable bonds is 1. The van der Waals surface area contributed by atoms with Crippen molar-refractivity contribution >= 4 is 43.9 Å². The van der Waals surface area contributed by atoms with Crippen LogP contribution in [-0.4, -0.2) is 0 Å². The lowest BCUT2D eigenvalue weighted by Crippen LogP contribution is -2.11. The van der Waals surface area contributed by atoms with Crippen molar-refractivity contribution in [3.63, 3.8) is 0 Å². The second-order valence-electron chi connectivity index (χ2n) is 11.7. The van der Waals surface area contributed by atoms with Crippen molar-refractivity contribution < 1.29 is 4.42 Å². The zero-order valence-electron chi connectivity index (χ0n) is 23.8. The van der Waals surface area contributed by atoms with Gasteiger partial charge in [-0.1, -0.05) is 80.6 Å². The van der Waals surface area contributed by atoms with E-state index >= 15 is 0 Å². The first-order chi connectivity index (χ1) is 21.4. The van der Waals surface area contributed by atoms with Crippen LogP contribution in [0.2, 0.25) is 0 Å². The minimum absolute atomic E-state index is 0.0277. The highest BCUT2D eigenvalue weighted by atomic mass is 16.3. The molecule has 0 N–H and O–H groups in total. The molecule has 2 aliphatic carbocycles. The van der Waals surface area contributed by atoms with Gasteiger partial charge in [-0.25, -0.2) is 10.1 Å². The summed E-state index contributed by atoms with van der Waals surface area (Å²) in [4.78, 5) is 3.54. The third-order valence-electron chi connectivity index (χ3n) is 9.16. The van der Waals surface area contributed by atoms with E-state index in [0.29, 0.717) is 22.3 Å². The topological polar surface area (TPSA) is 88.9 Å². The highest BCUT2D eigenvalue weighted by molar-refractivity contribution is 6.26. The minimum Gasteiger partial charge on any atom is -0.456 e. The summed E-state index contributed by atoms with van der Waals surface area (Å²) in [6, 6.07) is 35.1. The Morgan fingerprint density at radius 1 is 0.682 bits per heavy atom. The predicted octanol–water partition coefficient (Wildman–Crippen LogP) is 10.0. The van der Waals surface area contributed by atoms with Crippen LogP contribution in [0.15, 0.2) is 101 Å². The third kappa shape index (κ3) is 3.08. The first-order valence-electron chi connectivity index (χ1n) is 14.2. The molecule has 0 saturated heterocycles. The lowest BCUT2D eigenvalue weighted by Gasteiger charge is -2.23. The fourth-order valence-corrected chi connectivity index (χ4v) is 7.51. The standard InChI is InChI=1S/C39H20N4O/c1-39(2)37(23(18-40)19-41)29-16-22(14-15-25(29)38(39)30(20-42)43-3)34-35-27-12-7-9-21-8-6-11-24(33(21)27)28(35)17-32-36(34)26-10-4-5-13-31(26)44-32/h4-17H,1-2H3/b38-30+. The van der Waals surface area contributed by atoms with E-state index in [1.807, 2.05) is 50.2 Å². The van der Waals surface area contributed by atoms with E-state index in [0.717, 1.165) is 60.7 Å². The molecule has 1 aromatic heterocycles. The van der Waals surface area contributed by atoms with Gasteiger partial charge in [0.25, 0.3) is 5.70 Å². The van der Waals surface area contributed by atoms with Gasteiger partial charge in [0.2, 0.25) is 0 Å². The van der Waals surface area contributed by atoms with E-state index in [-0.39, 0.29) is 11.3 Å². The number of fused-ring (bicyclic) bond motifs is 7. The third-order valence-corrected chi connectivity index (χ3v) is 9.16. The number of benzene rings is 5. The molecule has 44 heavy (non-hydrogen) atoms. The summed E-state index contributed by atoms with van der Waals surface area (Å²) < 4.78 is 6.46. The summed E-state index contributed by atoms with van der Waals surface area (Å²) in [5.41, 5.74) is 9.40. The van der Waals surface area contributed by atoms with Gasteiger partial charge in [-0.3, -0.25) is 0 Å². The van der Waals surface area contributed by atoms with E-state index in [2.05, 4.69) is 71.6 Å². The van der Waals surface area contributed by atoms with Gasteiger partial charge in [0.05, 0.1) is 12.6 Å². The maximum atomic E-state index is 10.0. The van der Waals surface area contributed by atoms with Gasteiger partial charge in [-0.15, -0.1) is 0 Å². The quantitative estimate of drug-likeness (QED) is 0.148. The molecule has 0 atom stereocenters. The minimum atomic E-state index is -0.907. The summed E-state index contributed by atoms with van der Waals surface area (Å²) in [5.74, 6) is 0. The fourth-order valence-electron chi connectivity index (χ4n) is 7.51. The molecule has 1 heterocycles. The molecule has 202 valence electrons. The zero-order chi connectivity index (χ0) is 30.3. The van der Waals surface area contributed by atoms with E-state index in [4.69, 9.17) is 11.0 Å². The number of para-hydroxylation sites is 1. The van der Waals surface area contributed by atoms with E-state index in [1.165, 1.54) is 5.39 Å². The first-order valence-corrected chi connectivity index (χ1v) is 14.2. The highest BCUT2D eigenvalue weighted by Crippen LogP contribution is 2.59. The molecule has 0 saturated carbocycles. The van der Waals surface area contributed by atoms with Crippen molar-refractivity contribution in [3.8, 4) is 51.6 Å². The van der Waals surface area contributed by atoms with Crippen LogP contribution in [0.5, 0.6) is 0 Å². The summed E-state index contributed by atoms with van der Waals surface area (Å²) in [7, 11) is 0. The van der Waals surface area contributed by atoms with Crippen LogP contribution in [0.25, 0.3) is 82.1 Å². The average Bonchev–Trinajstić information content (AvgIpc) is 3.65. The molecule has 5 heteroatoms. The number of furan rings is 1. The van der Waals surface area contributed by atoms with E-state index in [9.17, 15) is 15.8 Å². The number of hydrogen-bond acceptors (Lipinski definition) is 4. The molecule has 0 amide bonds. The molecule has 8 rings (SSSR count). The van der Waals surface area contributed by atoms with Crippen molar-refractivity contribution in [1.29, 1.82) is 15.8 Å². The average molecular weight is 561 g/mol. The second kappa shape index (κ2) is 8.80. The Morgan fingerprint density at radius 3 is 2.16 bits per heavy atom. The van der Waals surface area contributed by atoms with Gasteiger partial charge in [0, 0.05) is 21.8 Å². The number of nitrogens with zero attached hydrogens (tertiary/aromatic N) is 4. The summed E-state index contributed by atoms with van der Waals surface area (Å²) in [5, 5.41) is 34.3. The summed E-state index contributed by atoms with van der Waals surface area (Å²) >= 11 is 0. The molecule has 0 bridgehead atoms. The summed E-state index contributed by atoms with van der Waals surface area (Å²) in [6.45, 7) is 11.5. The van der Waals surface area contributed by atoms with Gasteiger partial charge >= 0.3 is 0 Å². The van der Waals surface area contributed by atoms with Crippen molar-refractivity contribution in [2.75, 3.05) is 0 Å². The van der Waals surface area contributed by atoms with E-state index < -0.39 is 5.41 Å². The Kier molecular flexibility index (Phi) is 5.06. The maximum Gasteiger partial charge on any atom is 0.266 e. The molecular formula is C39H20N4O. The summed E-state index contributed by atoms with van der Waals surface area (Å²) in [6.07, 6.45) is 0. The lowest BCUT2D eigenvalue weighted by molar-refractivity contribution is 0.669. The second-order valence-corrected chi connectivity index (χ2v) is 11.7. The van der Waals surface area contributed by atoms with Crippen molar-refractivity contribution in [3.05, 3.63) is 119 Å². The molecular weight excluding hydrogens is 540 g/mol. The Morgan fingerprint density at radius 2 is 1.43 bits per heavy atom. The normalized spacial score (nSPS) is 14.9. The Labute approximate surface area is 253 Å². The van der Waals surface area contributed by atoms with Crippen LogP contribution < -0.4 is 0 Å². The molecule has 0 unspecified atom stereocenters. The number of hydrogen-bond donors (Lipinski definition) is 0. The molecule has 6 aromatic rings. The van der Waals surface area contributed by atoms with Crippen molar-refractivity contribution in [2.24, 2.45) is 5.41 Å². The van der Waals surface area contributed by atoms with Crippen molar-refractivity contribution in [1.82, 2.24) is 0 Å². The number of nitriles is 3. The van der Waals surface area contributed by atoms with Crippen LogP contribution in [0, 0.1) is 46.0 Å². The molecule has 0 aliphatic heterocycles. The maximum absolute atomic E-state index is 10.0. The van der Waals surface area contributed by atoms with Gasteiger partial charge in [-0.05, 0) is 79.1 Å². The van der Waals surface area contributed by atoms with Crippen molar-refractivity contribution in [2.45, 2.75) is 13.8 Å². The molecule has 0 spiro atoms. The van der Waals surface area contributed by atoms with Gasteiger partial charge in [0.15, 0.2) is 0 Å². The monoisotopic (exact) mass is 560 g/mol. The van der Waals surface area contributed by atoms with Gasteiger partial charge in [-0.2, -0.15) is 10.5 Å². The largest absolute Gasteiger partial charge is 0.456 e. The van der Waals surface area contributed by atoms with Gasteiger partial charge in [0.1, 0.15) is 28.9 Å². The van der Waals surface area contributed by atoms with Crippen LogP contribution in [0.1, 0.15) is 25.0 Å². The highest BCUT2D eigenvalue weighted by Gasteiger charge is 2.43. The van der Waals surface area contributed by atoms with Crippen LogP contribution in [-0.2, 0) is 0 Å². The molecule has 0 fully saturated rings. The SMILES string of the molecule is [C-]#[N+]/C(C#N)=C1\c2ccc(-c3c4c(cc5oc6ccccc6c35)-c3cccc5cccc-4c35)cc2C(=C(C#N)C#N)C1(C)C. The molecule has 0 radical (unpaired) electrons. The van der Waals surface area contributed by atoms with Crippen LogP contribution in [0.4, 0.5) is 0 Å². The Balaban J connectivity index is 1.55. The van der Waals surface area contributed by atoms with E-state index in [1.54, 1.807) is 0 Å². The molecule has 2 aliphatic rings. The van der Waals surface area contributed by atoms with Crippen LogP contribution >= 0.6 is 0 Å². The van der Waals surface area contributed by atoms with Crippen LogP contribution in [0.3, 0.4) is 0 Å². The molecule has 5 nitrogen and oxygen atoms in total. The molecule has 5 aromatic carbocycles. The fraction of sp³-hybridized carbons (Fsp3) is 0.0769.